The average Bonchev–Trinajstić information content (AvgIpc) is 3.12. The number of hydrogen-bond donors (Lipinski definition) is 2. The number of nitrogens with zero attached hydrogens (tertiary/aromatic N) is 3. The van der Waals surface area contributed by atoms with Crippen molar-refractivity contribution in [3.8, 4) is 0 Å². The van der Waals surface area contributed by atoms with Crippen molar-refractivity contribution in [1.82, 2.24) is 15.2 Å². The Morgan fingerprint density at radius 2 is 2.00 bits per heavy atom. The second kappa shape index (κ2) is 6.84. The molecule has 2 aromatic rings. The van der Waals surface area contributed by atoms with Crippen LogP contribution in [-0.4, -0.2) is 39.9 Å². The van der Waals surface area contributed by atoms with Gasteiger partial charge >= 0.3 is 0 Å². The minimum Gasteiger partial charge on any atom is -0.372 e. The number of amides is 1. The highest BCUT2D eigenvalue weighted by Crippen LogP contribution is 2.38. The standard InChI is InChI=1S/C17H21N5OS/c23-15(11-24-17-19-16(20-21-17)12-3-4-12)18-13-5-7-14(8-6-13)22-9-1-2-10-22/h5-8,12H,1-4,9-11H2,(H,18,23)(H,19,20,21). The molecule has 0 bridgehead atoms. The number of hydrogen-bond acceptors (Lipinski definition) is 5. The van der Waals surface area contributed by atoms with Crippen LogP contribution in [0.3, 0.4) is 0 Å². The Morgan fingerprint density at radius 1 is 1.25 bits per heavy atom. The molecule has 2 N–H and O–H groups in total. The van der Waals surface area contributed by atoms with E-state index in [1.54, 1.807) is 0 Å². The van der Waals surface area contributed by atoms with E-state index in [1.807, 2.05) is 12.1 Å². The van der Waals surface area contributed by atoms with Gasteiger partial charge in [0.15, 0.2) is 0 Å². The molecule has 2 fully saturated rings. The number of rotatable bonds is 6. The molecule has 1 amide bonds. The molecule has 126 valence electrons. The van der Waals surface area contributed by atoms with Crippen LogP contribution in [0, 0.1) is 0 Å². The van der Waals surface area contributed by atoms with Gasteiger partial charge in [0.25, 0.3) is 0 Å². The Bertz CT molecular complexity index is 704. The van der Waals surface area contributed by atoms with E-state index in [0.29, 0.717) is 16.8 Å². The molecule has 1 aromatic carbocycles. The lowest BCUT2D eigenvalue weighted by Crippen LogP contribution is -2.18. The molecule has 7 heteroatoms. The normalized spacial score (nSPS) is 17.2. The molecule has 4 rings (SSSR count). The maximum atomic E-state index is 12.1. The number of nitrogens with one attached hydrogen (secondary N) is 2. The van der Waals surface area contributed by atoms with Crippen molar-refractivity contribution < 1.29 is 4.79 Å². The number of carbonyl (C=O) groups excluding carboxylic acids is 1. The molecule has 6 nitrogen and oxygen atoms in total. The Hall–Kier alpha value is -2.02. The minimum absolute atomic E-state index is 0.0355. The molecule has 24 heavy (non-hydrogen) atoms. The van der Waals surface area contributed by atoms with Crippen molar-refractivity contribution in [2.45, 2.75) is 36.8 Å². The number of benzene rings is 1. The summed E-state index contributed by atoms with van der Waals surface area (Å²) in [4.78, 5) is 18.9. The van der Waals surface area contributed by atoms with Gasteiger partial charge in [-0.2, -0.15) is 0 Å². The topological polar surface area (TPSA) is 73.9 Å². The highest BCUT2D eigenvalue weighted by Gasteiger charge is 2.27. The Kier molecular flexibility index (Phi) is 4.42. The van der Waals surface area contributed by atoms with Gasteiger partial charge in [-0.05, 0) is 49.9 Å². The molecule has 0 spiro atoms. The number of thioether (sulfide) groups is 1. The van der Waals surface area contributed by atoms with Crippen molar-refractivity contribution in [3.05, 3.63) is 30.1 Å². The van der Waals surface area contributed by atoms with E-state index in [4.69, 9.17) is 0 Å². The van der Waals surface area contributed by atoms with E-state index in [2.05, 4.69) is 37.5 Å². The molecule has 0 unspecified atom stereocenters. The summed E-state index contributed by atoms with van der Waals surface area (Å²) in [5.41, 5.74) is 2.06. The Morgan fingerprint density at radius 3 is 2.71 bits per heavy atom. The van der Waals surface area contributed by atoms with Crippen LogP contribution in [0.15, 0.2) is 29.4 Å². The van der Waals surface area contributed by atoms with E-state index >= 15 is 0 Å². The van der Waals surface area contributed by atoms with Crippen LogP contribution >= 0.6 is 11.8 Å². The summed E-state index contributed by atoms with van der Waals surface area (Å²) >= 11 is 1.36. The van der Waals surface area contributed by atoms with Crippen molar-refractivity contribution in [2.24, 2.45) is 0 Å². The monoisotopic (exact) mass is 343 g/mol. The summed E-state index contributed by atoms with van der Waals surface area (Å²) in [5, 5.41) is 10.7. The third kappa shape index (κ3) is 3.72. The van der Waals surface area contributed by atoms with Crippen molar-refractivity contribution >= 4 is 29.0 Å². The van der Waals surface area contributed by atoms with Crippen LogP contribution < -0.4 is 10.2 Å². The fourth-order valence-electron chi connectivity index (χ4n) is 2.92. The zero-order valence-electron chi connectivity index (χ0n) is 13.5. The van der Waals surface area contributed by atoms with Crippen molar-refractivity contribution in [3.63, 3.8) is 0 Å². The van der Waals surface area contributed by atoms with Gasteiger partial charge in [0.05, 0.1) is 5.75 Å². The first-order valence-electron chi connectivity index (χ1n) is 8.48. The quantitative estimate of drug-likeness (QED) is 0.789. The molecule has 0 radical (unpaired) electrons. The summed E-state index contributed by atoms with van der Waals surface area (Å²) in [6, 6.07) is 8.08. The Balaban J connectivity index is 1.27. The highest BCUT2D eigenvalue weighted by molar-refractivity contribution is 7.99. The lowest BCUT2D eigenvalue weighted by molar-refractivity contribution is -0.113. The molecule has 0 atom stereocenters. The molecule has 1 aromatic heterocycles. The largest absolute Gasteiger partial charge is 0.372 e. The highest BCUT2D eigenvalue weighted by atomic mass is 32.2. The first kappa shape index (κ1) is 15.5. The van der Waals surface area contributed by atoms with E-state index < -0.39 is 0 Å². The molecule has 2 aliphatic rings. The summed E-state index contributed by atoms with van der Waals surface area (Å²) < 4.78 is 0. The summed E-state index contributed by atoms with van der Waals surface area (Å²) in [6.45, 7) is 2.25. The Labute approximate surface area is 145 Å². The van der Waals surface area contributed by atoms with E-state index in [9.17, 15) is 4.79 Å². The lowest BCUT2D eigenvalue weighted by atomic mass is 10.2. The minimum atomic E-state index is -0.0355. The number of H-pyrrole nitrogens is 1. The first-order chi connectivity index (χ1) is 11.8. The van der Waals surface area contributed by atoms with E-state index in [-0.39, 0.29) is 5.91 Å². The number of aromatic nitrogens is 3. The van der Waals surface area contributed by atoms with Gasteiger partial charge in [0, 0.05) is 30.4 Å². The second-order valence-electron chi connectivity index (χ2n) is 6.36. The van der Waals surface area contributed by atoms with Crippen LogP contribution in [-0.2, 0) is 4.79 Å². The zero-order valence-corrected chi connectivity index (χ0v) is 14.3. The second-order valence-corrected chi connectivity index (χ2v) is 7.30. The smallest absolute Gasteiger partial charge is 0.234 e. The predicted molar refractivity (Wildman–Crippen MR) is 95.6 cm³/mol. The van der Waals surface area contributed by atoms with Gasteiger partial charge in [-0.15, -0.1) is 5.10 Å². The zero-order chi connectivity index (χ0) is 16.4. The molecule has 1 aliphatic carbocycles. The summed E-state index contributed by atoms with van der Waals surface area (Å²) in [6.07, 6.45) is 4.90. The number of carbonyl (C=O) groups is 1. The fraction of sp³-hybridized carbons (Fsp3) is 0.471. The summed E-state index contributed by atoms with van der Waals surface area (Å²) in [5.74, 6) is 1.78. The molecule has 2 heterocycles. The first-order valence-corrected chi connectivity index (χ1v) is 9.46. The van der Waals surface area contributed by atoms with Gasteiger partial charge in [-0.3, -0.25) is 9.89 Å². The molecular formula is C17H21N5OS. The lowest BCUT2D eigenvalue weighted by Gasteiger charge is -2.17. The van der Waals surface area contributed by atoms with Crippen LogP contribution in [0.5, 0.6) is 0 Å². The van der Waals surface area contributed by atoms with Crippen LogP contribution in [0.1, 0.15) is 37.4 Å². The number of anilines is 2. The van der Waals surface area contributed by atoms with Crippen LogP contribution in [0.25, 0.3) is 0 Å². The predicted octanol–water partition coefficient (Wildman–Crippen LogP) is 3.01. The van der Waals surface area contributed by atoms with E-state index in [0.717, 1.165) is 24.6 Å². The van der Waals surface area contributed by atoms with Gasteiger partial charge < -0.3 is 10.2 Å². The number of aromatic amines is 1. The molecule has 1 saturated heterocycles. The molecular weight excluding hydrogens is 322 g/mol. The fourth-order valence-corrected chi connectivity index (χ4v) is 3.53. The molecule has 1 saturated carbocycles. The average molecular weight is 343 g/mol. The van der Waals surface area contributed by atoms with Gasteiger partial charge in [0.2, 0.25) is 11.1 Å². The van der Waals surface area contributed by atoms with Crippen molar-refractivity contribution in [1.29, 1.82) is 0 Å². The maximum absolute atomic E-state index is 12.1. The van der Waals surface area contributed by atoms with Gasteiger partial charge in [-0.1, -0.05) is 11.8 Å². The van der Waals surface area contributed by atoms with Gasteiger partial charge in [-0.25, -0.2) is 4.98 Å². The maximum Gasteiger partial charge on any atom is 0.234 e. The van der Waals surface area contributed by atoms with Crippen molar-refractivity contribution in [2.75, 3.05) is 29.1 Å². The summed E-state index contributed by atoms with van der Waals surface area (Å²) in [7, 11) is 0. The van der Waals surface area contributed by atoms with E-state index in [1.165, 1.54) is 43.1 Å². The molecule has 1 aliphatic heterocycles. The SMILES string of the molecule is O=C(CSc1n[nH]c(C2CC2)n1)Nc1ccc(N2CCCC2)cc1. The van der Waals surface area contributed by atoms with Gasteiger partial charge in [0.1, 0.15) is 5.82 Å². The third-order valence-electron chi connectivity index (χ3n) is 4.40. The third-order valence-corrected chi connectivity index (χ3v) is 5.25. The van der Waals surface area contributed by atoms with Crippen LogP contribution in [0.2, 0.25) is 0 Å². The van der Waals surface area contributed by atoms with Crippen LogP contribution in [0.4, 0.5) is 11.4 Å².